The quantitative estimate of drug-likeness (QED) is 0.606. The lowest BCUT2D eigenvalue weighted by molar-refractivity contribution is -0.145. The predicted molar refractivity (Wildman–Crippen MR) is 80.2 cm³/mol. The van der Waals surface area contributed by atoms with Gasteiger partial charge in [0.1, 0.15) is 6.04 Å². The third kappa shape index (κ3) is 6.89. The molecule has 0 spiro atoms. The van der Waals surface area contributed by atoms with Gasteiger partial charge in [0.25, 0.3) is 0 Å². The standard InChI is InChI=1S/C15H26N2O5/c1-10(2)5-6-12(18)16-8-13(19)17-14(15(20)21)11-4-3-7-22-9-11/h10-11,14H,3-9H2,1-2H3,(H,16,18)(H,17,19)(H,20,21). The summed E-state index contributed by atoms with van der Waals surface area (Å²) in [6.45, 7) is 4.79. The number of rotatable bonds is 8. The number of nitrogens with one attached hydrogen (secondary N) is 2. The third-order valence-corrected chi connectivity index (χ3v) is 3.64. The SMILES string of the molecule is CC(C)CCC(=O)NCC(=O)NC(C(=O)O)C1CCCOC1. The molecule has 1 fully saturated rings. The Kier molecular flexibility index (Phi) is 7.87. The number of hydrogen-bond acceptors (Lipinski definition) is 4. The second kappa shape index (κ2) is 9.40. The minimum atomic E-state index is -1.07. The molecule has 1 heterocycles. The number of aliphatic carboxylic acids is 1. The monoisotopic (exact) mass is 314 g/mol. The molecule has 7 nitrogen and oxygen atoms in total. The van der Waals surface area contributed by atoms with Gasteiger partial charge in [-0.1, -0.05) is 13.8 Å². The maximum atomic E-state index is 11.8. The summed E-state index contributed by atoms with van der Waals surface area (Å²) in [6, 6.07) is -0.972. The van der Waals surface area contributed by atoms with Crippen LogP contribution in [-0.2, 0) is 19.1 Å². The number of carbonyl (C=O) groups excluding carboxylic acids is 2. The number of hydrogen-bond donors (Lipinski definition) is 3. The Morgan fingerprint density at radius 2 is 2.00 bits per heavy atom. The molecule has 0 aliphatic carbocycles. The number of carboxylic acid groups (broad SMARTS) is 1. The van der Waals surface area contributed by atoms with Gasteiger partial charge >= 0.3 is 5.97 Å². The molecule has 2 amide bonds. The first-order valence-electron chi connectivity index (χ1n) is 7.76. The zero-order valence-corrected chi connectivity index (χ0v) is 13.3. The Morgan fingerprint density at radius 3 is 2.55 bits per heavy atom. The Hall–Kier alpha value is -1.63. The van der Waals surface area contributed by atoms with Gasteiger partial charge in [-0.3, -0.25) is 9.59 Å². The summed E-state index contributed by atoms with van der Waals surface area (Å²) in [5.74, 6) is -1.57. The minimum Gasteiger partial charge on any atom is -0.480 e. The molecule has 126 valence electrons. The molecule has 0 aromatic carbocycles. The lowest BCUT2D eigenvalue weighted by atomic mass is 9.93. The van der Waals surface area contributed by atoms with Gasteiger partial charge in [0, 0.05) is 18.9 Å². The lowest BCUT2D eigenvalue weighted by Crippen LogP contribution is -2.51. The first-order valence-corrected chi connectivity index (χ1v) is 7.76. The van der Waals surface area contributed by atoms with Crippen molar-refractivity contribution < 1.29 is 24.2 Å². The normalized spacial score (nSPS) is 19.5. The number of amides is 2. The Balaban J connectivity index is 2.37. The van der Waals surface area contributed by atoms with Crippen molar-refractivity contribution in [3.8, 4) is 0 Å². The summed E-state index contributed by atoms with van der Waals surface area (Å²) in [7, 11) is 0. The van der Waals surface area contributed by atoms with Crippen LogP contribution in [-0.4, -0.2) is 48.7 Å². The van der Waals surface area contributed by atoms with Crippen LogP contribution in [0.1, 0.15) is 39.5 Å². The van der Waals surface area contributed by atoms with Crippen LogP contribution in [0.15, 0.2) is 0 Å². The van der Waals surface area contributed by atoms with Crippen molar-refractivity contribution >= 4 is 17.8 Å². The Morgan fingerprint density at radius 1 is 1.27 bits per heavy atom. The van der Waals surface area contributed by atoms with Gasteiger partial charge in [-0.2, -0.15) is 0 Å². The maximum absolute atomic E-state index is 11.8. The summed E-state index contributed by atoms with van der Waals surface area (Å²) in [5.41, 5.74) is 0. The number of carboxylic acids is 1. The second-order valence-corrected chi connectivity index (χ2v) is 6.07. The predicted octanol–water partition coefficient (Wildman–Crippen LogP) is 0.535. The van der Waals surface area contributed by atoms with Crippen molar-refractivity contribution in [3.63, 3.8) is 0 Å². The van der Waals surface area contributed by atoms with Crippen LogP contribution in [0.25, 0.3) is 0 Å². The molecule has 22 heavy (non-hydrogen) atoms. The molecule has 0 saturated carbocycles. The van der Waals surface area contributed by atoms with E-state index in [4.69, 9.17) is 4.74 Å². The van der Waals surface area contributed by atoms with Crippen LogP contribution in [0.3, 0.4) is 0 Å². The van der Waals surface area contributed by atoms with E-state index in [1.807, 2.05) is 13.8 Å². The van der Waals surface area contributed by atoms with E-state index in [9.17, 15) is 19.5 Å². The van der Waals surface area contributed by atoms with Crippen LogP contribution in [0.4, 0.5) is 0 Å². The topological polar surface area (TPSA) is 105 Å². The van der Waals surface area contributed by atoms with Crippen LogP contribution < -0.4 is 10.6 Å². The summed E-state index contributed by atoms with van der Waals surface area (Å²) in [4.78, 5) is 34.7. The molecule has 1 aliphatic heterocycles. The summed E-state index contributed by atoms with van der Waals surface area (Å²) < 4.78 is 5.26. The van der Waals surface area contributed by atoms with Crippen LogP contribution in [0, 0.1) is 11.8 Å². The minimum absolute atomic E-state index is 0.197. The highest BCUT2D eigenvalue weighted by Gasteiger charge is 2.31. The van der Waals surface area contributed by atoms with E-state index in [0.717, 1.165) is 12.8 Å². The molecular weight excluding hydrogens is 288 g/mol. The van der Waals surface area contributed by atoms with Crippen LogP contribution in [0.5, 0.6) is 0 Å². The highest BCUT2D eigenvalue weighted by molar-refractivity contribution is 5.88. The zero-order valence-electron chi connectivity index (χ0n) is 13.3. The first-order chi connectivity index (χ1) is 10.4. The molecule has 7 heteroatoms. The van der Waals surface area contributed by atoms with Crippen molar-refractivity contribution in [1.29, 1.82) is 0 Å². The molecule has 2 unspecified atom stereocenters. The highest BCUT2D eigenvalue weighted by atomic mass is 16.5. The van der Waals surface area contributed by atoms with Gasteiger partial charge in [0.05, 0.1) is 13.2 Å². The molecule has 0 bridgehead atoms. The van der Waals surface area contributed by atoms with Gasteiger partial charge in [-0.05, 0) is 25.2 Å². The fourth-order valence-corrected chi connectivity index (χ4v) is 2.32. The van der Waals surface area contributed by atoms with E-state index >= 15 is 0 Å². The fourth-order valence-electron chi connectivity index (χ4n) is 2.32. The second-order valence-electron chi connectivity index (χ2n) is 6.07. The molecule has 0 aromatic rings. The van der Waals surface area contributed by atoms with E-state index < -0.39 is 17.9 Å². The summed E-state index contributed by atoms with van der Waals surface area (Å²) in [6.07, 6.45) is 2.61. The molecular formula is C15H26N2O5. The maximum Gasteiger partial charge on any atom is 0.326 e. The van der Waals surface area contributed by atoms with Crippen molar-refractivity contribution in [2.24, 2.45) is 11.8 Å². The van der Waals surface area contributed by atoms with E-state index in [0.29, 0.717) is 32.0 Å². The number of ether oxygens (including phenoxy) is 1. The van der Waals surface area contributed by atoms with Crippen molar-refractivity contribution in [2.45, 2.75) is 45.6 Å². The molecule has 1 aliphatic rings. The fraction of sp³-hybridized carbons (Fsp3) is 0.800. The Labute approximate surface area is 130 Å². The van der Waals surface area contributed by atoms with Gasteiger partial charge < -0.3 is 20.5 Å². The van der Waals surface area contributed by atoms with Gasteiger partial charge in [-0.15, -0.1) is 0 Å². The average molecular weight is 314 g/mol. The molecule has 0 aromatic heterocycles. The van der Waals surface area contributed by atoms with E-state index in [1.54, 1.807) is 0 Å². The first kappa shape index (κ1) is 18.4. The van der Waals surface area contributed by atoms with Crippen LogP contribution >= 0.6 is 0 Å². The van der Waals surface area contributed by atoms with Crippen molar-refractivity contribution in [1.82, 2.24) is 10.6 Å². The smallest absolute Gasteiger partial charge is 0.326 e. The lowest BCUT2D eigenvalue weighted by Gasteiger charge is -2.28. The van der Waals surface area contributed by atoms with Crippen molar-refractivity contribution in [3.05, 3.63) is 0 Å². The van der Waals surface area contributed by atoms with Gasteiger partial charge in [0.15, 0.2) is 0 Å². The van der Waals surface area contributed by atoms with Crippen LogP contribution in [0.2, 0.25) is 0 Å². The van der Waals surface area contributed by atoms with E-state index in [2.05, 4.69) is 10.6 Å². The summed E-state index contributed by atoms with van der Waals surface area (Å²) >= 11 is 0. The third-order valence-electron chi connectivity index (χ3n) is 3.64. The Bertz CT molecular complexity index is 391. The van der Waals surface area contributed by atoms with Gasteiger partial charge in [0.2, 0.25) is 11.8 Å². The molecule has 0 radical (unpaired) electrons. The number of carbonyl (C=O) groups is 3. The average Bonchev–Trinajstić information content (AvgIpc) is 2.49. The summed E-state index contributed by atoms with van der Waals surface area (Å²) in [5, 5.41) is 14.2. The molecule has 1 rings (SSSR count). The highest BCUT2D eigenvalue weighted by Crippen LogP contribution is 2.17. The van der Waals surface area contributed by atoms with Crippen molar-refractivity contribution in [2.75, 3.05) is 19.8 Å². The molecule has 3 N–H and O–H groups in total. The van der Waals surface area contributed by atoms with E-state index in [1.165, 1.54) is 0 Å². The zero-order chi connectivity index (χ0) is 16.5. The van der Waals surface area contributed by atoms with E-state index in [-0.39, 0.29) is 18.4 Å². The molecule has 1 saturated heterocycles. The molecule has 2 atom stereocenters. The largest absolute Gasteiger partial charge is 0.480 e. The van der Waals surface area contributed by atoms with Gasteiger partial charge in [-0.25, -0.2) is 4.79 Å².